The van der Waals surface area contributed by atoms with Gasteiger partial charge in [0, 0.05) is 25.4 Å². The van der Waals surface area contributed by atoms with Crippen LogP contribution in [0.4, 0.5) is 0 Å². The van der Waals surface area contributed by atoms with Crippen molar-refractivity contribution in [2.45, 2.75) is 32.3 Å². The fraction of sp³-hybridized carbons (Fsp3) is 0.727. The average molecular weight is 180 g/mol. The molecular weight excluding hydrogens is 164 g/mol. The summed E-state index contributed by atoms with van der Waals surface area (Å²) in [5.41, 5.74) is 1.19. The van der Waals surface area contributed by atoms with Gasteiger partial charge in [0.15, 0.2) is 0 Å². The monoisotopic (exact) mass is 180 g/mol. The molecule has 0 spiro atoms. The van der Waals surface area contributed by atoms with Crippen LogP contribution in [0.15, 0.2) is 11.6 Å². The number of ketones is 1. The summed E-state index contributed by atoms with van der Waals surface area (Å²) in [5.74, 6) is 0.958. The molecule has 72 valence electrons. The molecule has 2 aliphatic rings. The predicted molar refractivity (Wildman–Crippen MR) is 50.4 cm³/mol. The maximum atomic E-state index is 11.3. The van der Waals surface area contributed by atoms with Crippen molar-refractivity contribution in [1.29, 1.82) is 0 Å². The Balaban J connectivity index is 2.28. The fourth-order valence-corrected chi connectivity index (χ4v) is 2.62. The lowest BCUT2D eigenvalue weighted by Gasteiger charge is -2.49. The average Bonchev–Trinajstić information content (AvgIpc) is 2.09. The maximum Gasteiger partial charge on any atom is 0.140 e. The van der Waals surface area contributed by atoms with Crippen LogP contribution in [0.3, 0.4) is 0 Å². The Morgan fingerprint density at radius 3 is 2.85 bits per heavy atom. The van der Waals surface area contributed by atoms with Crippen LogP contribution < -0.4 is 0 Å². The third-order valence-electron chi connectivity index (χ3n) is 3.57. The molecule has 0 N–H and O–H groups in total. The molecule has 2 heteroatoms. The van der Waals surface area contributed by atoms with Crippen LogP contribution in [0, 0.1) is 11.8 Å². The van der Waals surface area contributed by atoms with Crippen LogP contribution in [0.1, 0.15) is 26.7 Å². The lowest BCUT2D eigenvalue weighted by Crippen LogP contribution is -2.53. The van der Waals surface area contributed by atoms with Crippen molar-refractivity contribution in [2.24, 2.45) is 11.8 Å². The van der Waals surface area contributed by atoms with Gasteiger partial charge in [0.2, 0.25) is 0 Å². The molecule has 0 radical (unpaired) electrons. The molecule has 0 bridgehead atoms. The number of carbonyl (C=O) groups excluding carboxylic acids is 1. The molecule has 0 aromatic rings. The number of carbonyl (C=O) groups is 1. The Morgan fingerprint density at radius 2 is 2.31 bits per heavy atom. The van der Waals surface area contributed by atoms with E-state index in [1.807, 2.05) is 0 Å². The van der Waals surface area contributed by atoms with Crippen LogP contribution in [0.5, 0.6) is 0 Å². The highest BCUT2D eigenvalue weighted by molar-refractivity contribution is 5.90. The first-order valence-electron chi connectivity index (χ1n) is 4.82. The van der Waals surface area contributed by atoms with Crippen molar-refractivity contribution >= 4 is 5.78 Å². The summed E-state index contributed by atoms with van der Waals surface area (Å²) in [6.07, 6.45) is 3.80. The molecule has 2 aliphatic carbocycles. The van der Waals surface area contributed by atoms with E-state index in [-0.39, 0.29) is 11.5 Å². The van der Waals surface area contributed by atoms with Crippen molar-refractivity contribution in [3.05, 3.63) is 11.6 Å². The lowest BCUT2D eigenvalue weighted by molar-refractivity contribution is -0.149. The molecule has 2 rings (SSSR count). The highest BCUT2D eigenvalue weighted by Gasteiger charge is 2.51. The number of rotatable bonds is 1. The molecule has 1 saturated carbocycles. The fourth-order valence-electron chi connectivity index (χ4n) is 2.62. The van der Waals surface area contributed by atoms with E-state index in [1.54, 1.807) is 7.11 Å². The molecule has 1 fully saturated rings. The van der Waals surface area contributed by atoms with Gasteiger partial charge >= 0.3 is 0 Å². The molecule has 0 aromatic carbocycles. The van der Waals surface area contributed by atoms with Crippen molar-refractivity contribution in [3.8, 4) is 0 Å². The number of Topliss-reactive ketones (excluding diaryl/α,β-unsaturated/α-hetero) is 1. The smallest absolute Gasteiger partial charge is 0.140 e. The second-order valence-electron chi connectivity index (χ2n) is 4.51. The Bertz CT molecular complexity index is 280. The zero-order chi connectivity index (χ0) is 9.64. The van der Waals surface area contributed by atoms with Crippen LogP contribution in [-0.4, -0.2) is 18.5 Å². The quantitative estimate of drug-likeness (QED) is 0.576. The zero-order valence-electron chi connectivity index (χ0n) is 8.46. The van der Waals surface area contributed by atoms with Gasteiger partial charge in [0.05, 0.1) is 5.60 Å². The third kappa shape index (κ3) is 1.16. The van der Waals surface area contributed by atoms with Gasteiger partial charge in [-0.15, -0.1) is 0 Å². The second-order valence-corrected chi connectivity index (χ2v) is 4.51. The topological polar surface area (TPSA) is 26.3 Å². The summed E-state index contributed by atoms with van der Waals surface area (Å²) < 4.78 is 5.54. The van der Waals surface area contributed by atoms with E-state index in [0.29, 0.717) is 18.1 Å². The largest absolute Gasteiger partial charge is 0.378 e. The Kier molecular flexibility index (Phi) is 1.84. The highest BCUT2D eigenvalue weighted by Crippen LogP contribution is 2.48. The zero-order valence-corrected chi connectivity index (χ0v) is 8.46. The SMILES string of the molecule is CO[C@]1(C)CC(C)=C[C@@H]2C(=O)C[C@@H]21. The molecule has 3 atom stereocenters. The van der Waals surface area contributed by atoms with Gasteiger partial charge in [-0.2, -0.15) is 0 Å². The minimum absolute atomic E-state index is 0.0998. The van der Waals surface area contributed by atoms with Gasteiger partial charge in [0.25, 0.3) is 0 Å². The van der Waals surface area contributed by atoms with Gasteiger partial charge in [-0.25, -0.2) is 0 Å². The van der Waals surface area contributed by atoms with E-state index in [0.717, 1.165) is 6.42 Å². The minimum atomic E-state index is -0.0998. The number of allylic oxidation sites excluding steroid dienone is 1. The Hall–Kier alpha value is -0.630. The van der Waals surface area contributed by atoms with E-state index < -0.39 is 0 Å². The molecule has 13 heavy (non-hydrogen) atoms. The van der Waals surface area contributed by atoms with Gasteiger partial charge in [-0.1, -0.05) is 11.6 Å². The minimum Gasteiger partial charge on any atom is -0.378 e. The summed E-state index contributed by atoms with van der Waals surface area (Å²) in [5, 5.41) is 0. The molecule has 2 nitrogen and oxygen atoms in total. The van der Waals surface area contributed by atoms with Crippen LogP contribution >= 0.6 is 0 Å². The van der Waals surface area contributed by atoms with Gasteiger partial charge in [0.1, 0.15) is 5.78 Å². The summed E-state index contributed by atoms with van der Waals surface area (Å²) in [6, 6.07) is 0. The van der Waals surface area contributed by atoms with Crippen molar-refractivity contribution in [2.75, 3.05) is 7.11 Å². The van der Waals surface area contributed by atoms with Crippen molar-refractivity contribution < 1.29 is 9.53 Å². The van der Waals surface area contributed by atoms with E-state index in [1.165, 1.54) is 5.57 Å². The third-order valence-corrected chi connectivity index (χ3v) is 3.57. The summed E-state index contributed by atoms with van der Waals surface area (Å²) in [4.78, 5) is 11.3. The van der Waals surface area contributed by atoms with Crippen molar-refractivity contribution in [1.82, 2.24) is 0 Å². The predicted octanol–water partition coefficient (Wildman–Crippen LogP) is 1.95. The number of hydrogen-bond acceptors (Lipinski definition) is 2. The first-order valence-corrected chi connectivity index (χ1v) is 4.82. The molecule has 0 amide bonds. The molecule has 0 aromatic heterocycles. The Labute approximate surface area is 79.0 Å². The van der Waals surface area contributed by atoms with E-state index in [9.17, 15) is 4.79 Å². The maximum absolute atomic E-state index is 11.3. The summed E-state index contributed by atoms with van der Waals surface area (Å²) in [7, 11) is 1.75. The highest BCUT2D eigenvalue weighted by atomic mass is 16.5. The molecule has 0 saturated heterocycles. The Morgan fingerprint density at radius 1 is 1.62 bits per heavy atom. The van der Waals surface area contributed by atoms with Crippen molar-refractivity contribution in [3.63, 3.8) is 0 Å². The second kappa shape index (κ2) is 2.68. The van der Waals surface area contributed by atoms with E-state index >= 15 is 0 Å². The van der Waals surface area contributed by atoms with Gasteiger partial charge in [-0.05, 0) is 20.3 Å². The van der Waals surface area contributed by atoms with Crippen LogP contribution in [-0.2, 0) is 9.53 Å². The molecular formula is C11H16O2. The standard InChI is InChI=1S/C11H16O2/c1-7-4-8-9(5-10(8)12)11(2,6-7)13-3/h4,8-9H,5-6H2,1-3H3/t8-,9-,11+/m0/s1. The normalized spacial score (nSPS) is 43.6. The van der Waals surface area contributed by atoms with E-state index in [4.69, 9.17) is 4.74 Å². The first-order chi connectivity index (χ1) is 6.07. The number of hydrogen-bond donors (Lipinski definition) is 0. The first kappa shape index (κ1) is 8.95. The number of fused-ring (bicyclic) bond motifs is 1. The molecule has 0 aliphatic heterocycles. The van der Waals surface area contributed by atoms with Gasteiger partial charge in [-0.3, -0.25) is 4.79 Å². The summed E-state index contributed by atoms with van der Waals surface area (Å²) >= 11 is 0. The van der Waals surface area contributed by atoms with Crippen LogP contribution in [0.25, 0.3) is 0 Å². The summed E-state index contributed by atoms with van der Waals surface area (Å²) in [6.45, 7) is 4.20. The van der Waals surface area contributed by atoms with Crippen LogP contribution in [0.2, 0.25) is 0 Å². The molecule has 0 heterocycles. The number of ether oxygens (including phenoxy) is 1. The van der Waals surface area contributed by atoms with E-state index in [2.05, 4.69) is 19.9 Å². The lowest BCUT2D eigenvalue weighted by atomic mass is 9.59. The van der Waals surface area contributed by atoms with Gasteiger partial charge < -0.3 is 4.74 Å². The number of methoxy groups -OCH3 is 1. The molecule has 0 unspecified atom stereocenters.